The fourth-order valence-electron chi connectivity index (χ4n) is 2.62. The monoisotopic (exact) mass is 270 g/mol. The molecule has 1 unspecified atom stereocenters. The van der Waals surface area contributed by atoms with Crippen LogP contribution in [-0.4, -0.2) is 24.5 Å². The number of nitrogens with one attached hydrogen (secondary N) is 2. The summed E-state index contributed by atoms with van der Waals surface area (Å²) in [6, 6.07) is 3.57. The first kappa shape index (κ1) is 11.5. The van der Waals surface area contributed by atoms with Crippen LogP contribution in [0, 0.1) is 5.92 Å². The molecule has 1 saturated heterocycles. The van der Waals surface area contributed by atoms with Crippen molar-refractivity contribution in [3.05, 3.63) is 21.3 Å². The van der Waals surface area contributed by atoms with E-state index in [4.69, 9.17) is 11.6 Å². The highest BCUT2D eigenvalue weighted by Crippen LogP contribution is 2.45. The summed E-state index contributed by atoms with van der Waals surface area (Å²) < 4.78 is 0.669. The molecule has 2 aliphatic rings. The van der Waals surface area contributed by atoms with E-state index < -0.39 is 0 Å². The zero-order valence-electron chi connectivity index (χ0n) is 9.46. The van der Waals surface area contributed by atoms with Gasteiger partial charge in [-0.15, -0.1) is 11.3 Å². The molecular weight excluding hydrogens is 256 g/mol. The van der Waals surface area contributed by atoms with E-state index in [0.29, 0.717) is 15.1 Å². The molecule has 1 atom stereocenters. The first-order chi connectivity index (χ1) is 8.20. The summed E-state index contributed by atoms with van der Waals surface area (Å²) in [4.78, 5) is 12.8. The highest BCUT2D eigenvalue weighted by atomic mass is 35.5. The molecule has 92 valence electrons. The van der Waals surface area contributed by atoms with Crippen molar-refractivity contribution in [2.24, 2.45) is 5.92 Å². The standard InChI is InChI=1S/C12H15ClN2OS/c13-10-2-1-9(17-10)11(16)15-12(4-5-12)8-3-6-14-7-8/h1-2,8,14H,3-7H2,(H,15,16). The fourth-order valence-corrected chi connectivity index (χ4v) is 3.56. The second-order valence-electron chi connectivity index (χ2n) is 4.90. The minimum absolute atomic E-state index is 0.0336. The van der Waals surface area contributed by atoms with Crippen LogP contribution in [0.5, 0.6) is 0 Å². The number of carbonyl (C=O) groups is 1. The van der Waals surface area contributed by atoms with Gasteiger partial charge in [-0.1, -0.05) is 11.6 Å². The molecule has 0 aromatic carbocycles. The molecule has 2 N–H and O–H groups in total. The van der Waals surface area contributed by atoms with Crippen LogP contribution in [0.3, 0.4) is 0 Å². The van der Waals surface area contributed by atoms with Gasteiger partial charge in [0.15, 0.2) is 0 Å². The Bertz CT molecular complexity index is 435. The molecule has 1 aromatic rings. The SMILES string of the molecule is O=C(NC1(C2CCNC2)CC1)c1ccc(Cl)s1. The van der Waals surface area contributed by atoms with E-state index in [1.54, 1.807) is 12.1 Å². The number of thiophene rings is 1. The molecule has 2 heterocycles. The molecule has 1 saturated carbocycles. The number of hydrogen-bond donors (Lipinski definition) is 2. The van der Waals surface area contributed by atoms with Gasteiger partial charge in [-0.05, 0) is 43.9 Å². The summed E-state index contributed by atoms with van der Waals surface area (Å²) in [5.41, 5.74) is 0.0665. The molecule has 3 nitrogen and oxygen atoms in total. The van der Waals surface area contributed by atoms with Crippen LogP contribution in [0.15, 0.2) is 12.1 Å². The van der Waals surface area contributed by atoms with Crippen LogP contribution in [0.4, 0.5) is 0 Å². The summed E-state index contributed by atoms with van der Waals surface area (Å²) in [6.07, 6.45) is 3.40. The lowest BCUT2D eigenvalue weighted by Crippen LogP contribution is -2.43. The molecule has 1 aliphatic carbocycles. The van der Waals surface area contributed by atoms with Crippen LogP contribution in [0.1, 0.15) is 28.9 Å². The predicted molar refractivity (Wildman–Crippen MR) is 69.7 cm³/mol. The van der Waals surface area contributed by atoms with Crippen molar-refractivity contribution in [3.63, 3.8) is 0 Å². The summed E-state index contributed by atoms with van der Waals surface area (Å²) >= 11 is 7.19. The van der Waals surface area contributed by atoms with Gasteiger partial charge in [-0.3, -0.25) is 4.79 Å². The maximum Gasteiger partial charge on any atom is 0.261 e. The second kappa shape index (κ2) is 4.26. The Labute approximate surface area is 110 Å². The van der Waals surface area contributed by atoms with Gasteiger partial charge in [0.2, 0.25) is 0 Å². The van der Waals surface area contributed by atoms with E-state index in [9.17, 15) is 4.79 Å². The summed E-state index contributed by atoms with van der Waals surface area (Å²) in [5, 5.41) is 6.58. The average Bonchev–Trinajstić information content (AvgIpc) is 2.79. The number of halogens is 1. The lowest BCUT2D eigenvalue weighted by Gasteiger charge is -2.23. The Morgan fingerprint density at radius 3 is 2.88 bits per heavy atom. The van der Waals surface area contributed by atoms with Gasteiger partial charge >= 0.3 is 0 Å². The van der Waals surface area contributed by atoms with Crippen molar-refractivity contribution < 1.29 is 4.79 Å². The van der Waals surface area contributed by atoms with Gasteiger partial charge in [0.25, 0.3) is 5.91 Å². The molecule has 1 amide bonds. The minimum Gasteiger partial charge on any atom is -0.346 e. The zero-order valence-corrected chi connectivity index (χ0v) is 11.0. The predicted octanol–water partition coefficient (Wildman–Crippen LogP) is 2.27. The maximum atomic E-state index is 12.1. The fraction of sp³-hybridized carbons (Fsp3) is 0.583. The molecular formula is C12H15ClN2OS. The van der Waals surface area contributed by atoms with Gasteiger partial charge in [0, 0.05) is 12.1 Å². The van der Waals surface area contributed by atoms with Crippen molar-refractivity contribution in [1.82, 2.24) is 10.6 Å². The molecule has 0 radical (unpaired) electrons. The topological polar surface area (TPSA) is 41.1 Å². The van der Waals surface area contributed by atoms with Gasteiger partial charge < -0.3 is 10.6 Å². The quantitative estimate of drug-likeness (QED) is 0.885. The van der Waals surface area contributed by atoms with Crippen LogP contribution in [0.2, 0.25) is 4.34 Å². The van der Waals surface area contributed by atoms with E-state index in [1.807, 2.05) is 0 Å². The van der Waals surface area contributed by atoms with Crippen LogP contribution < -0.4 is 10.6 Å². The summed E-state index contributed by atoms with van der Waals surface area (Å²) in [7, 11) is 0. The van der Waals surface area contributed by atoms with Crippen LogP contribution in [-0.2, 0) is 0 Å². The highest BCUT2D eigenvalue weighted by Gasteiger charge is 2.51. The van der Waals surface area contributed by atoms with E-state index in [0.717, 1.165) is 25.9 Å². The Morgan fingerprint density at radius 1 is 1.53 bits per heavy atom. The number of rotatable bonds is 3. The first-order valence-electron chi connectivity index (χ1n) is 5.98. The van der Waals surface area contributed by atoms with Crippen molar-refractivity contribution in [2.45, 2.75) is 24.8 Å². The van der Waals surface area contributed by atoms with E-state index in [-0.39, 0.29) is 11.4 Å². The number of hydrogen-bond acceptors (Lipinski definition) is 3. The Morgan fingerprint density at radius 2 is 2.35 bits per heavy atom. The lowest BCUT2D eigenvalue weighted by atomic mass is 9.96. The Balaban J connectivity index is 1.68. The summed E-state index contributed by atoms with van der Waals surface area (Å²) in [5.74, 6) is 0.633. The molecule has 0 bridgehead atoms. The van der Waals surface area contributed by atoms with Gasteiger partial charge in [0.05, 0.1) is 9.21 Å². The van der Waals surface area contributed by atoms with Crippen molar-refractivity contribution in [2.75, 3.05) is 13.1 Å². The third kappa shape index (κ3) is 2.21. The Kier molecular flexibility index (Phi) is 2.89. The number of carbonyl (C=O) groups excluding carboxylic acids is 1. The summed E-state index contributed by atoms with van der Waals surface area (Å²) in [6.45, 7) is 2.11. The lowest BCUT2D eigenvalue weighted by molar-refractivity contribution is 0.0920. The van der Waals surface area contributed by atoms with Gasteiger partial charge in [0.1, 0.15) is 0 Å². The minimum atomic E-state index is 0.0336. The molecule has 2 fully saturated rings. The van der Waals surface area contributed by atoms with Gasteiger partial charge in [-0.25, -0.2) is 0 Å². The molecule has 17 heavy (non-hydrogen) atoms. The maximum absolute atomic E-state index is 12.1. The smallest absolute Gasteiger partial charge is 0.261 e. The van der Waals surface area contributed by atoms with Crippen LogP contribution in [0.25, 0.3) is 0 Å². The third-order valence-corrected chi connectivity index (χ3v) is 5.02. The average molecular weight is 271 g/mol. The zero-order chi connectivity index (χ0) is 11.9. The third-order valence-electron chi connectivity index (χ3n) is 3.79. The van der Waals surface area contributed by atoms with Crippen molar-refractivity contribution in [1.29, 1.82) is 0 Å². The molecule has 3 rings (SSSR count). The largest absolute Gasteiger partial charge is 0.346 e. The van der Waals surface area contributed by atoms with Gasteiger partial charge in [-0.2, -0.15) is 0 Å². The molecule has 1 aromatic heterocycles. The Hall–Kier alpha value is -0.580. The second-order valence-corrected chi connectivity index (χ2v) is 6.62. The molecule has 5 heteroatoms. The number of amides is 1. The normalized spacial score (nSPS) is 25.8. The first-order valence-corrected chi connectivity index (χ1v) is 7.18. The highest BCUT2D eigenvalue weighted by molar-refractivity contribution is 7.18. The van der Waals surface area contributed by atoms with E-state index >= 15 is 0 Å². The molecule has 0 spiro atoms. The van der Waals surface area contributed by atoms with E-state index in [2.05, 4.69) is 10.6 Å². The van der Waals surface area contributed by atoms with Crippen molar-refractivity contribution in [3.8, 4) is 0 Å². The van der Waals surface area contributed by atoms with E-state index in [1.165, 1.54) is 17.8 Å². The van der Waals surface area contributed by atoms with Crippen LogP contribution >= 0.6 is 22.9 Å². The molecule has 1 aliphatic heterocycles. The van der Waals surface area contributed by atoms with Crippen molar-refractivity contribution >= 4 is 28.8 Å².